The average Bonchev–Trinajstić information content (AvgIpc) is 3.17. The van der Waals surface area contributed by atoms with Crippen molar-refractivity contribution in [2.45, 2.75) is 4.90 Å². The largest absolute Gasteiger partial charge is 0.263 e. The van der Waals surface area contributed by atoms with Crippen molar-refractivity contribution in [2.75, 3.05) is 4.72 Å². The van der Waals surface area contributed by atoms with Crippen LogP contribution in [0.15, 0.2) is 45.7 Å². The summed E-state index contributed by atoms with van der Waals surface area (Å²) in [7, 11) is -3.91. The van der Waals surface area contributed by atoms with Gasteiger partial charge in [0.1, 0.15) is 0 Å². The van der Waals surface area contributed by atoms with Gasteiger partial charge in [-0.25, -0.2) is 35.4 Å². The van der Waals surface area contributed by atoms with Crippen LogP contribution in [0.3, 0.4) is 0 Å². The number of anilines is 1. The van der Waals surface area contributed by atoms with Crippen molar-refractivity contribution in [3.63, 3.8) is 0 Å². The Morgan fingerprint density at radius 1 is 0.929 bits per heavy atom. The van der Waals surface area contributed by atoms with Gasteiger partial charge >= 0.3 is 0 Å². The van der Waals surface area contributed by atoms with Crippen LogP contribution in [-0.2, 0) is 10.0 Å². The Bertz CT molecular complexity index is 1120. The maximum absolute atomic E-state index is 13.6. The molecule has 0 amide bonds. The average molecular weight is 433 g/mol. The highest BCUT2D eigenvalue weighted by atomic mass is 32.2. The van der Waals surface area contributed by atoms with Gasteiger partial charge in [-0.05, 0) is 24.3 Å². The molecule has 0 saturated heterocycles. The van der Waals surface area contributed by atoms with E-state index in [1.54, 1.807) is 5.38 Å². The second kappa shape index (κ2) is 7.64. The summed E-state index contributed by atoms with van der Waals surface area (Å²) in [6.07, 6.45) is 1.88. The molecule has 3 aromatic rings. The number of aromatic nitrogens is 1. The molecule has 5 nitrogen and oxygen atoms in total. The third-order valence-corrected chi connectivity index (χ3v) is 5.56. The maximum Gasteiger partial charge on any atom is 0.263 e. The van der Waals surface area contributed by atoms with Crippen LogP contribution < -0.4 is 4.72 Å². The van der Waals surface area contributed by atoms with E-state index in [0.29, 0.717) is 6.21 Å². The van der Waals surface area contributed by atoms with E-state index >= 15 is 0 Å². The van der Waals surface area contributed by atoms with E-state index in [2.05, 4.69) is 14.7 Å². The van der Waals surface area contributed by atoms with E-state index in [4.69, 9.17) is 0 Å². The molecule has 146 valence electrons. The number of sulfonamides is 1. The monoisotopic (exact) mass is 433 g/mol. The zero-order valence-corrected chi connectivity index (χ0v) is 15.1. The van der Waals surface area contributed by atoms with Crippen LogP contribution in [0.25, 0.3) is 0 Å². The number of rotatable bonds is 5. The number of aliphatic imine (C=N–C) groups is 1. The molecule has 12 heteroatoms. The summed E-state index contributed by atoms with van der Waals surface area (Å²) in [5.74, 6) is -10.5. The predicted molar refractivity (Wildman–Crippen MR) is 92.9 cm³/mol. The Kier molecular flexibility index (Phi) is 5.42. The molecular formula is C16H8F5N3O2S2. The maximum atomic E-state index is 13.6. The molecule has 0 bridgehead atoms. The van der Waals surface area contributed by atoms with Crippen LogP contribution in [0.2, 0.25) is 0 Å². The smallest absolute Gasteiger partial charge is 0.256 e. The molecule has 2 aromatic carbocycles. The third kappa shape index (κ3) is 3.87. The lowest BCUT2D eigenvalue weighted by Crippen LogP contribution is -2.12. The lowest BCUT2D eigenvalue weighted by molar-refractivity contribution is 0.377. The Morgan fingerprint density at radius 3 is 2.04 bits per heavy atom. The van der Waals surface area contributed by atoms with Crippen LogP contribution in [0.5, 0.6) is 0 Å². The summed E-state index contributed by atoms with van der Waals surface area (Å²) in [6.45, 7) is 0. The van der Waals surface area contributed by atoms with Gasteiger partial charge in [0, 0.05) is 17.8 Å². The van der Waals surface area contributed by atoms with Gasteiger partial charge in [0.15, 0.2) is 28.4 Å². The summed E-state index contributed by atoms with van der Waals surface area (Å²) < 4.78 is 93.2. The molecule has 0 atom stereocenters. The molecule has 0 fully saturated rings. The van der Waals surface area contributed by atoms with E-state index in [1.165, 1.54) is 18.3 Å². The molecular weight excluding hydrogens is 425 g/mol. The molecule has 0 spiro atoms. The van der Waals surface area contributed by atoms with Crippen LogP contribution in [0.4, 0.5) is 32.8 Å². The standard InChI is InChI=1S/C16H8F5N3O2S2/c17-11-10(12(18)14(20)15(21)13(11)19)7-23-8-1-3-9(4-2-8)28(25,26)24-16-22-5-6-27-16/h1-7H,(H,22,24). The lowest BCUT2D eigenvalue weighted by atomic mass is 10.2. The minimum atomic E-state index is -3.91. The summed E-state index contributed by atoms with van der Waals surface area (Å²) in [5, 5.41) is 1.74. The first-order chi connectivity index (χ1) is 13.2. The van der Waals surface area contributed by atoms with Crippen molar-refractivity contribution in [3.05, 3.63) is 70.5 Å². The van der Waals surface area contributed by atoms with Crippen LogP contribution in [0.1, 0.15) is 5.56 Å². The molecule has 0 aliphatic rings. The first kappa shape index (κ1) is 19.9. The highest BCUT2D eigenvalue weighted by Gasteiger charge is 2.24. The first-order valence-corrected chi connectivity index (χ1v) is 9.65. The quantitative estimate of drug-likeness (QED) is 0.281. The third-order valence-electron chi connectivity index (χ3n) is 3.39. The lowest BCUT2D eigenvalue weighted by Gasteiger charge is -2.05. The second-order valence-corrected chi connectivity index (χ2v) is 7.76. The molecule has 0 unspecified atom stereocenters. The number of halogens is 5. The Hall–Kier alpha value is -2.86. The number of hydrogen-bond donors (Lipinski definition) is 1. The van der Waals surface area contributed by atoms with Crippen molar-refractivity contribution < 1.29 is 30.4 Å². The number of hydrogen-bond acceptors (Lipinski definition) is 5. The fourth-order valence-electron chi connectivity index (χ4n) is 2.03. The van der Waals surface area contributed by atoms with Gasteiger partial charge in [0.25, 0.3) is 10.0 Å². The molecule has 0 saturated carbocycles. The minimum absolute atomic E-state index is 0.0251. The predicted octanol–water partition coefficient (Wildman–Crippen LogP) is 4.39. The Labute approximate surface area is 159 Å². The summed E-state index contributed by atoms with van der Waals surface area (Å²) in [6, 6.07) is 4.69. The van der Waals surface area contributed by atoms with E-state index < -0.39 is 44.7 Å². The van der Waals surface area contributed by atoms with Crippen molar-refractivity contribution in [1.82, 2.24) is 4.98 Å². The SMILES string of the molecule is O=S(=O)(Nc1nccs1)c1ccc(N=Cc2c(F)c(F)c(F)c(F)c2F)cc1. The molecule has 0 radical (unpaired) electrons. The van der Waals surface area contributed by atoms with Crippen LogP contribution in [-0.4, -0.2) is 19.6 Å². The fourth-order valence-corrected chi connectivity index (χ4v) is 3.82. The highest BCUT2D eigenvalue weighted by Crippen LogP contribution is 2.24. The van der Waals surface area contributed by atoms with Gasteiger partial charge in [-0.15, -0.1) is 11.3 Å². The minimum Gasteiger partial charge on any atom is -0.256 e. The summed E-state index contributed by atoms with van der Waals surface area (Å²) in [5.41, 5.74) is -1.18. The fraction of sp³-hybridized carbons (Fsp3) is 0. The van der Waals surface area contributed by atoms with E-state index in [0.717, 1.165) is 23.5 Å². The first-order valence-electron chi connectivity index (χ1n) is 7.28. The molecule has 28 heavy (non-hydrogen) atoms. The Balaban J connectivity index is 1.86. The molecule has 0 aliphatic heterocycles. The number of thiazole rings is 1. The van der Waals surface area contributed by atoms with Gasteiger partial charge in [0.2, 0.25) is 5.82 Å². The summed E-state index contributed by atoms with van der Waals surface area (Å²) in [4.78, 5) is 7.27. The van der Waals surface area contributed by atoms with Gasteiger partial charge in [-0.3, -0.25) is 9.71 Å². The topological polar surface area (TPSA) is 71.4 Å². The molecule has 1 N–H and O–H groups in total. The van der Waals surface area contributed by atoms with Crippen molar-refractivity contribution in [1.29, 1.82) is 0 Å². The van der Waals surface area contributed by atoms with Crippen LogP contribution in [0, 0.1) is 29.1 Å². The van der Waals surface area contributed by atoms with Gasteiger partial charge in [0.05, 0.1) is 16.1 Å². The van der Waals surface area contributed by atoms with E-state index in [1.807, 2.05) is 0 Å². The number of nitrogens with one attached hydrogen (secondary N) is 1. The highest BCUT2D eigenvalue weighted by molar-refractivity contribution is 7.93. The molecule has 3 rings (SSSR count). The van der Waals surface area contributed by atoms with Crippen molar-refractivity contribution >= 4 is 38.4 Å². The molecule has 1 aromatic heterocycles. The van der Waals surface area contributed by atoms with Gasteiger partial charge in [-0.2, -0.15) is 0 Å². The number of nitrogens with zero attached hydrogens (tertiary/aromatic N) is 2. The van der Waals surface area contributed by atoms with Crippen molar-refractivity contribution in [2.24, 2.45) is 4.99 Å². The number of benzene rings is 2. The zero-order valence-electron chi connectivity index (χ0n) is 13.5. The molecule has 0 aliphatic carbocycles. The second-order valence-electron chi connectivity index (χ2n) is 5.18. The zero-order chi connectivity index (χ0) is 20.5. The Morgan fingerprint density at radius 2 is 1.50 bits per heavy atom. The van der Waals surface area contributed by atoms with E-state index in [9.17, 15) is 30.4 Å². The van der Waals surface area contributed by atoms with E-state index in [-0.39, 0.29) is 15.7 Å². The van der Waals surface area contributed by atoms with Crippen LogP contribution >= 0.6 is 11.3 Å². The van der Waals surface area contributed by atoms with Gasteiger partial charge < -0.3 is 0 Å². The van der Waals surface area contributed by atoms with Crippen molar-refractivity contribution in [3.8, 4) is 0 Å². The summed E-state index contributed by atoms with van der Waals surface area (Å²) >= 11 is 1.08. The molecule has 1 heterocycles. The van der Waals surface area contributed by atoms with Gasteiger partial charge in [-0.1, -0.05) is 0 Å². The normalized spacial score (nSPS) is 11.9.